The van der Waals surface area contributed by atoms with Crippen LogP contribution in [0.5, 0.6) is 0 Å². The van der Waals surface area contributed by atoms with Crippen LogP contribution >= 0.6 is 15.6 Å². The number of esters is 4. The lowest BCUT2D eigenvalue weighted by Gasteiger charge is -2.21. The Morgan fingerprint density at radius 1 is 0.295 bits per heavy atom. The molecule has 6 atom stereocenters. The van der Waals surface area contributed by atoms with E-state index in [1.54, 1.807) is 0 Å². The molecule has 0 heterocycles. The van der Waals surface area contributed by atoms with Gasteiger partial charge in [-0.3, -0.25) is 37.3 Å². The second kappa shape index (κ2) is 65.4. The van der Waals surface area contributed by atoms with Crippen LogP contribution in [0.1, 0.15) is 383 Å². The Labute approximate surface area is 581 Å². The summed E-state index contributed by atoms with van der Waals surface area (Å²) in [6.07, 6.45) is 50.0. The van der Waals surface area contributed by atoms with Crippen molar-refractivity contribution < 1.29 is 80.2 Å². The number of aliphatic hydroxyl groups is 1. The van der Waals surface area contributed by atoms with Gasteiger partial charge in [0.25, 0.3) is 0 Å². The van der Waals surface area contributed by atoms with Crippen LogP contribution in [0.2, 0.25) is 0 Å². The number of unbranched alkanes of at least 4 members (excludes halogenated alkanes) is 38. The van der Waals surface area contributed by atoms with Crippen molar-refractivity contribution in [3.05, 3.63) is 0 Å². The molecular formula is C76H148O17P2. The van der Waals surface area contributed by atoms with Crippen LogP contribution in [0.4, 0.5) is 0 Å². The Kier molecular flexibility index (Phi) is 64.0. The van der Waals surface area contributed by atoms with Crippen LogP contribution in [0, 0.1) is 23.7 Å². The number of hydrogen-bond acceptors (Lipinski definition) is 15. The van der Waals surface area contributed by atoms with Gasteiger partial charge in [-0.1, -0.05) is 331 Å². The van der Waals surface area contributed by atoms with E-state index in [0.29, 0.717) is 25.7 Å². The molecule has 0 rings (SSSR count). The third kappa shape index (κ3) is 69.0. The van der Waals surface area contributed by atoms with Crippen molar-refractivity contribution in [3.8, 4) is 0 Å². The van der Waals surface area contributed by atoms with Gasteiger partial charge in [-0.2, -0.15) is 0 Å². The zero-order chi connectivity index (χ0) is 70.3. The van der Waals surface area contributed by atoms with Crippen LogP contribution in [0.3, 0.4) is 0 Å². The number of aliphatic hydroxyl groups excluding tert-OH is 1. The van der Waals surface area contributed by atoms with E-state index in [2.05, 4.69) is 55.4 Å². The van der Waals surface area contributed by atoms with Crippen molar-refractivity contribution in [2.24, 2.45) is 23.7 Å². The summed E-state index contributed by atoms with van der Waals surface area (Å²) in [4.78, 5) is 72.8. The summed E-state index contributed by atoms with van der Waals surface area (Å²) in [6.45, 7) is 14.2. The van der Waals surface area contributed by atoms with E-state index < -0.39 is 97.5 Å². The Hall–Kier alpha value is -1.94. The van der Waals surface area contributed by atoms with E-state index in [1.165, 1.54) is 180 Å². The second-order valence-corrected chi connectivity index (χ2v) is 32.0. The molecule has 0 bridgehead atoms. The molecule has 95 heavy (non-hydrogen) atoms. The van der Waals surface area contributed by atoms with E-state index in [4.69, 9.17) is 37.0 Å². The molecule has 0 aromatic rings. The lowest BCUT2D eigenvalue weighted by Crippen LogP contribution is -2.30. The molecule has 3 N–H and O–H groups in total. The van der Waals surface area contributed by atoms with Gasteiger partial charge in [-0.15, -0.1) is 0 Å². The summed E-state index contributed by atoms with van der Waals surface area (Å²) < 4.78 is 68.5. The van der Waals surface area contributed by atoms with Crippen LogP contribution in [-0.4, -0.2) is 96.7 Å². The molecule has 0 radical (unpaired) electrons. The average molecular weight is 1400 g/mol. The third-order valence-corrected chi connectivity index (χ3v) is 19.8. The maximum absolute atomic E-state index is 13.1. The first-order chi connectivity index (χ1) is 45.6. The van der Waals surface area contributed by atoms with E-state index >= 15 is 0 Å². The molecule has 0 saturated carbocycles. The molecule has 0 aliphatic heterocycles. The molecule has 564 valence electrons. The predicted molar refractivity (Wildman–Crippen MR) is 386 cm³/mol. The lowest BCUT2D eigenvalue weighted by molar-refractivity contribution is -0.161. The number of carbonyl (C=O) groups excluding carboxylic acids is 4. The fourth-order valence-electron chi connectivity index (χ4n) is 11.5. The maximum atomic E-state index is 13.1. The largest absolute Gasteiger partial charge is 0.472 e. The van der Waals surface area contributed by atoms with Crippen molar-refractivity contribution in [3.63, 3.8) is 0 Å². The van der Waals surface area contributed by atoms with Gasteiger partial charge in [-0.25, -0.2) is 9.13 Å². The summed E-state index contributed by atoms with van der Waals surface area (Å²) in [5.74, 6) is 0.921. The number of rotatable bonds is 73. The smallest absolute Gasteiger partial charge is 0.462 e. The highest BCUT2D eigenvalue weighted by Crippen LogP contribution is 2.45. The number of hydrogen-bond donors (Lipinski definition) is 3. The standard InChI is InChI=1S/C76H148O17P2/c1-9-69(8)55-47-39-34-35-41-49-57-74(79)87-63-72(93-76(81)58-50-42-32-24-20-15-13-11-10-12-14-18-22-28-36-44-52-66(2)3)65-91-95(84,85)89-61-70(77)60-88-94(82,83)90-64-71(62-86-73(78)56-48-40-31-27-26-30-38-46-54-68(6)7)92-75(80)59-51-43-33-25-21-17-16-19-23-29-37-45-53-67(4)5/h66-72,77H,9-65H2,1-8H3,(H,82,83)(H,84,85)/t69?,70-,71-,72-/m1/s1. The molecule has 0 aliphatic rings. The van der Waals surface area contributed by atoms with Gasteiger partial charge in [-0.05, 0) is 49.4 Å². The summed E-state index contributed by atoms with van der Waals surface area (Å²) in [6, 6.07) is 0. The van der Waals surface area contributed by atoms with Crippen LogP contribution in [0.15, 0.2) is 0 Å². The normalized spacial score (nSPS) is 14.4. The van der Waals surface area contributed by atoms with E-state index in [9.17, 15) is 43.2 Å². The second-order valence-electron chi connectivity index (χ2n) is 29.1. The van der Waals surface area contributed by atoms with Crippen molar-refractivity contribution in [1.29, 1.82) is 0 Å². The molecular weight excluding hydrogens is 1250 g/mol. The molecule has 0 aromatic carbocycles. The number of carbonyl (C=O) groups is 4. The Bertz CT molecular complexity index is 1870. The van der Waals surface area contributed by atoms with Gasteiger partial charge < -0.3 is 33.8 Å². The molecule has 17 nitrogen and oxygen atoms in total. The molecule has 3 unspecified atom stereocenters. The highest BCUT2D eigenvalue weighted by atomic mass is 31.2. The summed E-state index contributed by atoms with van der Waals surface area (Å²) >= 11 is 0. The Balaban J connectivity index is 5.22. The number of phosphoric acid groups is 2. The summed E-state index contributed by atoms with van der Waals surface area (Å²) in [7, 11) is -9.91. The zero-order valence-electron chi connectivity index (χ0n) is 62.3. The van der Waals surface area contributed by atoms with Crippen molar-refractivity contribution in [2.45, 2.75) is 401 Å². The van der Waals surface area contributed by atoms with Crippen molar-refractivity contribution >= 4 is 39.5 Å². The van der Waals surface area contributed by atoms with Gasteiger partial charge >= 0.3 is 39.5 Å². The molecule has 0 spiro atoms. The highest BCUT2D eigenvalue weighted by Gasteiger charge is 2.30. The van der Waals surface area contributed by atoms with Gasteiger partial charge in [0, 0.05) is 25.7 Å². The van der Waals surface area contributed by atoms with Crippen LogP contribution in [0.25, 0.3) is 0 Å². The maximum Gasteiger partial charge on any atom is 0.472 e. The first-order valence-corrected chi connectivity index (χ1v) is 42.2. The van der Waals surface area contributed by atoms with E-state index in [0.717, 1.165) is 120 Å². The highest BCUT2D eigenvalue weighted by molar-refractivity contribution is 7.47. The monoisotopic (exact) mass is 1400 g/mol. The van der Waals surface area contributed by atoms with Gasteiger partial charge in [0.05, 0.1) is 26.4 Å². The quantitative estimate of drug-likeness (QED) is 0.0222. The lowest BCUT2D eigenvalue weighted by atomic mass is 10.00. The minimum atomic E-state index is -4.96. The molecule has 19 heteroatoms. The first kappa shape index (κ1) is 93.1. The predicted octanol–water partition coefficient (Wildman–Crippen LogP) is 22.0. The minimum Gasteiger partial charge on any atom is -0.462 e. The van der Waals surface area contributed by atoms with E-state index in [1.807, 2.05) is 0 Å². The van der Waals surface area contributed by atoms with Crippen molar-refractivity contribution in [2.75, 3.05) is 39.6 Å². The Morgan fingerprint density at radius 3 is 0.747 bits per heavy atom. The van der Waals surface area contributed by atoms with Gasteiger partial charge in [0.1, 0.15) is 19.3 Å². The molecule has 0 aliphatic carbocycles. The van der Waals surface area contributed by atoms with E-state index in [-0.39, 0.29) is 25.7 Å². The molecule has 0 fully saturated rings. The minimum absolute atomic E-state index is 0.106. The third-order valence-electron chi connectivity index (χ3n) is 17.9. The molecule has 0 amide bonds. The van der Waals surface area contributed by atoms with Gasteiger partial charge in [0.15, 0.2) is 12.2 Å². The Morgan fingerprint density at radius 2 is 0.505 bits per heavy atom. The fourth-order valence-corrected chi connectivity index (χ4v) is 13.1. The first-order valence-electron chi connectivity index (χ1n) is 39.2. The van der Waals surface area contributed by atoms with Crippen LogP contribution < -0.4 is 0 Å². The van der Waals surface area contributed by atoms with Crippen LogP contribution in [-0.2, 0) is 65.4 Å². The summed E-state index contributed by atoms with van der Waals surface area (Å²) in [5.41, 5.74) is 0. The van der Waals surface area contributed by atoms with Crippen molar-refractivity contribution in [1.82, 2.24) is 0 Å². The molecule has 0 aromatic heterocycles. The molecule has 0 saturated heterocycles. The van der Waals surface area contributed by atoms with Gasteiger partial charge in [0.2, 0.25) is 0 Å². The topological polar surface area (TPSA) is 237 Å². The number of phosphoric ester groups is 2. The average Bonchev–Trinajstić information content (AvgIpc) is 1.46. The SMILES string of the molecule is CCC(C)CCCCCCCCC(=O)OC[C@H](COP(=O)(O)OC[C@H](O)COP(=O)(O)OC[C@@H](COC(=O)CCCCCCCCCCC(C)C)OC(=O)CCCCCCCCCCCCCCC(C)C)OC(=O)CCCCCCCCCCCCCCCCCCC(C)C. The summed E-state index contributed by atoms with van der Waals surface area (Å²) in [5, 5.41) is 10.6. The fraction of sp³-hybridized carbons (Fsp3) is 0.947. The number of ether oxygens (including phenoxy) is 4. The zero-order valence-corrected chi connectivity index (χ0v) is 64.1.